The van der Waals surface area contributed by atoms with Crippen molar-refractivity contribution >= 4 is 40.6 Å². The van der Waals surface area contributed by atoms with Crippen LogP contribution in [-0.2, 0) is 0 Å². The largest absolute Gasteiger partial charge is 0.488 e. The highest BCUT2D eigenvalue weighted by atomic mass is 35.5. The van der Waals surface area contributed by atoms with Crippen LogP contribution >= 0.6 is 35.4 Å². The number of hydrogen-bond donors (Lipinski definition) is 0. The van der Waals surface area contributed by atoms with Gasteiger partial charge in [-0.05, 0) is 43.3 Å². The van der Waals surface area contributed by atoms with Crippen LogP contribution in [0.3, 0.4) is 0 Å². The van der Waals surface area contributed by atoms with Gasteiger partial charge in [0, 0.05) is 24.7 Å². The zero-order valence-corrected chi connectivity index (χ0v) is 13.2. The molecule has 1 aromatic rings. The van der Waals surface area contributed by atoms with Crippen molar-refractivity contribution in [2.24, 2.45) is 0 Å². The van der Waals surface area contributed by atoms with Gasteiger partial charge in [-0.3, -0.25) is 0 Å². The summed E-state index contributed by atoms with van der Waals surface area (Å²) in [4.78, 5) is 2.06. The van der Waals surface area contributed by atoms with Gasteiger partial charge in [0.25, 0.3) is 5.17 Å². The van der Waals surface area contributed by atoms with Crippen molar-refractivity contribution in [3.63, 3.8) is 0 Å². The fourth-order valence-corrected chi connectivity index (χ4v) is 2.42. The second-order valence-electron chi connectivity index (χ2n) is 4.33. The number of rotatable bonds is 4. The Bertz CT molecular complexity index is 502. The number of halogens is 2. The summed E-state index contributed by atoms with van der Waals surface area (Å²) in [6.07, 6.45) is 3.99. The maximum atomic E-state index is 6.06. The topological polar surface area (TPSA) is 21.7 Å². The van der Waals surface area contributed by atoms with Gasteiger partial charge in [0.05, 0.1) is 5.02 Å². The lowest BCUT2D eigenvalue weighted by Crippen LogP contribution is -2.30. The van der Waals surface area contributed by atoms with Crippen molar-refractivity contribution in [1.82, 2.24) is 4.90 Å². The monoisotopic (exact) mass is 331 g/mol. The molecular weight excluding hydrogens is 317 g/mol. The van der Waals surface area contributed by atoms with E-state index < -0.39 is 0 Å². The average molecular weight is 332 g/mol. The first-order chi connectivity index (χ1) is 9.70. The number of thiocarbonyl (C=S) groups is 1. The van der Waals surface area contributed by atoms with E-state index in [1.807, 2.05) is 0 Å². The third-order valence-electron chi connectivity index (χ3n) is 2.90. The standard InChI is InChI=1S/C14H15Cl2NO2S/c15-6-3-9-18-13-10-11(4-5-12(13)16)19-14(20)17-7-1-2-8-17/h3-6,10H,1-2,7-9H2/b6-3+. The molecule has 108 valence electrons. The van der Waals surface area contributed by atoms with Crippen LogP contribution in [0.15, 0.2) is 29.8 Å². The van der Waals surface area contributed by atoms with E-state index in [2.05, 4.69) is 4.90 Å². The van der Waals surface area contributed by atoms with Crippen molar-refractivity contribution < 1.29 is 9.47 Å². The maximum Gasteiger partial charge on any atom is 0.264 e. The molecule has 1 fully saturated rings. The Kier molecular flexibility index (Phi) is 5.95. The first-order valence-corrected chi connectivity index (χ1v) is 7.57. The van der Waals surface area contributed by atoms with Crippen LogP contribution < -0.4 is 9.47 Å². The molecule has 2 rings (SSSR count). The van der Waals surface area contributed by atoms with Crippen LogP contribution in [0.4, 0.5) is 0 Å². The quantitative estimate of drug-likeness (QED) is 0.769. The highest BCUT2D eigenvalue weighted by Crippen LogP contribution is 2.29. The van der Waals surface area contributed by atoms with Crippen LogP contribution in [0.5, 0.6) is 11.5 Å². The smallest absolute Gasteiger partial charge is 0.264 e. The maximum absolute atomic E-state index is 6.06. The lowest BCUT2D eigenvalue weighted by Gasteiger charge is -2.18. The van der Waals surface area contributed by atoms with Crippen LogP contribution in [0.25, 0.3) is 0 Å². The molecule has 0 radical (unpaired) electrons. The van der Waals surface area contributed by atoms with Crippen molar-refractivity contribution in [2.75, 3.05) is 19.7 Å². The minimum atomic E-state index is 0.350. The van der Waals surface area contributed by atoms with Gasteiger partial charge in [0.15, 0.2) is 0 Å². The van der Waals surface area contributed by atoms with Gasteiger partial charge in [-0.1, -0.05) is 23.2 Å². The molecule has 0 aromatic heterocycles. The highest BCUT2D eigenvalue weighted by Gasteiger charge is 2.16. The van der Waals surface area contributed by atoms with Crippen molar-refractivity contribution in [3.05, 3.63) is 34.8 Å². The highest BCUT2D eigenvalue weighted by molar-refractivity contribution is 7.80. The van der Waals surface area contributed by atoms with E-state index in [0.29, 0.717) is 28.3 Å². The molecule has 1 heterocycles. The second-order valence-corrected chi connectivity index (χ2v) is 5.34. The molecule has 1 aliphatic rings. The van der Waals surface area contributed by atoms with E-state index in [-0.39, 0.29) is 0 Å². The minimum absolute atomic E-state index is 0.350. The van der Waals surface area contributed by atoms with Gasteiger partial charge in [-0.25, -0.2) is 0 Å². The molecule has 0 aliphatic carbocycles. The summed E-state index contributed by atoms with van der Waals surface area (Å²) < 4.78 is 11.2. The predicted molar refractivity (Wildman–Crippen MR) is 86.0 cm³/mol. The van der Waals surface area contributed by atoms with Gasteiger partial charge < -0.3 is 14.4 Å². The third-order valence-corrected chi connectivity index (χ3v) is 3.73. The molecule has 3 nitrogen and oxygen atoms in total. The summed E-state index contributed by atoms with van der Waals surface area (Å²) >= 11 is 16.8. The molecule has 1 aliphatic heterocycles. The Morgan fingerprint density at radius 2 is 2.10 bits per heavy atom. The normalized spacial score (nSPS) is 14.8. The molecule has 0 amide bonds. The Morgan fingerprint density at radius 3 is 2.80 bits per heavy atom. The summed E-state index contributed by atoms with van der Waals surface area (Å²) in [5.41, 5.74) is 1.40. The molecule has 6 heteroatoms. The fraction of sp³-hybridized carbons (Fsp3) is 0.357. The lowest BCUT2D eigenvalue weighted by atomic mass is 10.3. The van der Waals surface area contributed by atoms with Gasteiger partial charge in [0.1, 0.15) is 18.1 Å². The molecule has 1 aromatic carbocycles. The zero-order valence-electron chi connectivity index (χ0n) is 10.9. The minimum Gasteiger partial charge on any atom is -0.488 e. The van der Waals surface area contributed by atoms with Crippen LogP contribution in [-0.4, -0.2) is 29.8 Å². The first kappa shape index (κ1) is 15.4. The Balaban J connectivity index is 2.00. The molecule has 0 bridgehead atoms. The molecule has 0 saturated carbocycles. The zero-order chi connectivity index (χ0) is 14.4. The molecular formula is C14H15Cl2NO2S. The average Bonchev–Trinajstić information content (AvgIpc) is 2.96. The van der Waals surface area contributed by atoms with E-state index in [0.717, 1.165) is 25.9 Å². The van der Waals surface area contributed by atoms with E-state index >= 15 is 0 Å². The Morgan fingerprint density at radius 1 is 1.35 bits per heavy atom. The number of likely N-dealkylation sites (tertiary alicyclic amines) is 1. The van der Waals surface area contributed by atoms with Gasteiger partial charge in [-0.15, -0.1) is 0 Å². The lowest BCUT2D eigenvalue weighted by molar-refractivity contribution is 0.359. The first-order valence-electron chi connectivity index (χ1n) is 6.35. The van der Waals surface area contributed by atoms with Crippen LogP contribution in [0.2, 0.25) is 5.02 Å². The summed E-state index contributed by atoms with van der Waals surface area (Å²) in [6.45, 7) is 2.26. The van der Waals surface area contributed by atoms with E-state index in [9.17, 15) is 0 Å². The molecule has 1 saturated heterocycles. The van der Waals surface area contributed by atoms with Crippen molar-refractivity contribution in [3.8, 4) is 11.5 Å². The van der Waals surface area contributed by atoms with Gasteiger partial charge >= 0.3 is 0 Å². The Hall–Kier alpha value is -0.970. The molecule has 20 heavy (non-hydrogen) atoms. The van der Waals surface area contributed by atoms with E-state index in [4.69, 9.17) is 44.9 Å². The van der Waals surface area contributed by atoms with Gasteiger partial charge in [-0.2, -0.15) is 0 Å². The predicted octanol–water partition coefficient (Wildman–Crippen LogP) is 4.23. The van der Waals surface area contributed by atoms with Crippen molar-refractivity contribution in [2.45, 2.75) is 12.8 Å². The van der Waals surface area contributed by atoms with E-state index in [1.165, 1.54) is 5.54 Å². The summed E-state index contributed by atoms with van der Waals surface area (Å²) in [5, 5.41) is 1.02. The molecule has 0 unspecified atom stereocenters. The van der Waals surface area contributed by atoms with Gasteiger partial charge in [0.2, 0.25) is 0 Å². The summed E-state index contributed by atoms with van der Waals surface area (Å²) in [5.74, 6) is 1.17. The van der Waals surface area contributed by atoms with Crippen LogP contribution in [0.1, 0.15) is 12.8 Å². The third kappa shape index (κ3) is 4.27. The second kappa shape index (κ2) is 7.72. The molecule has 0 spiro atoms. The Labute approximate surface area is 134 Å². The number of benzene rings is 1. The van der Waals surface area contributed by atoms with Crippen LogP contribution in [0, 0.1) is 0 Å². The van der Waals surface area contributed by atoms with E-state index in [1.54, 1.807) is 24.3 Å². The summed E-state index contributed by atoms with van der Waals surface area (Å²) in [6, 6.07) is 5.23. The fourth-order valence-electron chi connectivity index (χ4n) is 1.90. The SMILES string of the molecule is S=C(Oc1ccc(Cl)c(OC/C=C/Cl)c1)N1CCCC1. The number of hydrogen-bond acceptors (Lipinski definition) is 3. The summed E-state index contributed by atoms with van der Waals surface area (Å²) in [7, 11) is 0. The van der Waals surface area contributed by atoms with Crippen molar-refractivity contribution in [1.29, 1.82) is 0 Å². The molecule has 0 N–H and O–H groups in total. The number of nitrogens with zero attached hydrogens (tertiary/aromatic N) is 1. The number of ether oxygens (including phenoxy) is 2. The molecule has 0 atom stereocenters.